The molecule has 0 bridgehead atoms. The van der Waals surface area contributed by atoms with Crippen LogP contribution >= 0.6 is 0 Å². The summed E-state index contributed by atoms with van der Waals surface area (Å²) in [4.78, 5) is 38.1. The van der Waals surface area contributed by atoms with Gasteiger partial charge in [0.05, 0.1) is 18.6 Å². The fraction of sp³-hybridized carbons (Fsp3) is 0.550. The highest BCUT2D eigenvalue weighted by Gasteiger charge is 2.35. The third-order valence-electron chi connectivity index (χ3n) is 4.61. The average Bonchev–Trinajstić information content (AvgIpc) is 3.07. The van der Waals surface area contributed by atoms with E-state index < -0.39 is 46.8 Å². The maximum Gasteiger partial charge on any atom is 0.325 e. The van der Waals surface area contributed by atoms with Crippen LogP contribution in [-0.4, -0.2) is 75.5 Å². The molecule has 0 unspecified atom stereocenters. The van der Waals surface area contributed by atoms with Crippen LogP contribution in [0.4, 0.5) is 0 Å². The summed E-state index contributed by atoms with van der Waals surface area (Å²) in [5.41, 5.74) is 0.323. The third kappa shape index (κ3) is 7.01. The van der Waals surface area contributed by atoms with Gasteiger partial charge in [0.25, 0.3) is 11.8 Å². The van der Waals surface area contributed by atoms with Gasteiger partial charge in [0, 0.05) is 18.2 Å². The molecule has 1 aliphatic heterocycles. The molecule has 1 fully saturated rings. The molecule has 1 N–H and O–H groups in total. The van der Waals surface area contributed by atoms with E-state index >= 15 is 0 Å². The van der Waals surface area contributed by atoms with Gasteiger partial charge in [-0.05, 0) is 30.5 Å². The van der Waals surface area contributed by atoms with E-state index in [1.807, 2.05) is 13.8 Å². The molecule has 2 amide bonds. The fourth-order valence-corrected chi connectivity index (χ4v) is 4.89. The van der Waals surface area contributed by atoms with Crippen LogP contribution in [0.25, 0.3) is 0 Å². The van der Waals surface area contributed by atoms with Gasteiger partial charge in [0.1, 0.15) is 12.3 Å². The Morgan fingerprint density at radius 3 is 2.60 bits per heavy atom. The predicted octanol–water partition coefficient (Wildman–Crippen LogP) is 0.640. The number of hydrogen-bond acceptors (Lipinski definition) is 7. The van der Waals surface area contributed by atoms with E-state index in [0.717, 1.165) is 0 Å². The monoisotopic (exact) mass is 440 g/mol. The number of methoxy groups -OCH3 is 1. The van der Waals surface area contributed by atoms with Gasteiger partial charge in [-0.1, -0.05) is 19.9 Å². The molecule has 1 saturated heterocycles. The third-order valence-corrected chi connectivity index (χ3v) is 6.36. The van der Waals surface area contributed by atoms with Crippen molar-refractivity contribution in [2.24, 2.45) is 5.92 Å². The molecule has 1 heterocycles. The first kappa shape index (κ1) is 23.7. The molecule has 10 heteroatoms. The summed E-state index contributed by atoms with van der Waals surface area (Å²) in [7, 11) is -1.67. The quantitative estimate of drug-likeness (QED) is 0.560. The van der Waals surface area contributed by atoms with Crippen molar-refractivity contribution in [3.63, 3.8) is 0 Å². The first-order valence-corrected chi connectivity index (χ1v) is 11.5. The van der Waals surface area contributed by atoms with Crippen LogP contribution in [0.1, 0.15) is 30.6 Å². The van der Waals surface area contributed by atoms with Crippen molar-refractivity contribution in [2.45, 2.75) is 26.3 Å². The van der Waals surface area contributed by atoms with E-state index in [1.165, 1.54) is 18.1 Å². The summed E-state index contributed by atoms with van der Waals surface area (Å²) in [6.07, 6.45) is 0.380. The van der Waals surface area contributed by atoms with Crippen LogP contribution in [0.5, 0.6) is 5.75 Å². The minimum atomic E-state index is -3.15. The summed E-state index contributed by atoms with van der Waals surface area (Å²) < 4.78 is 33.5. The highest BCUT2D eigenvalue weighted by molar-refractivity contribution is 7.91. The summed E-state index contributed by atoms with van der Waals surface area (Å²) in [5, 5.41) is 2.43. The Morgan fingerprint density at radius 1 is 1.27 bits per heavy atom. The van der Waals surface area contributed by atoms with Crippen molar-refractivity contribution < 1.29 is 32.3 Å². The van der Waals surface area contributed by atoms with Crippen molar-refractivity contribution in [3.05, 3.63) is 29.8 Å². The number of nitrogens with one attached hydrogen (secondary N) is 1. The number of esters is 1. The molecule has 1 aliphatic rings. The lowest BCUT2D eigenvalue weighted by Crippen LogP contribution is -2.45. The molecular weight excluding hydrogens is 412 g/mol. The van der Waals surface area contributed by atoms with Gasteiger partial charge >= 0.3 is 5.97 Å². The van der Waals surface area contributed by atoms with Crippen LogP contribution in [0.15, 0.2) is 24.3 Å². The standard InChI is InChI=1S/C20H28N2O7S/c1-14(2)11-22(16-7-8-30(26,27)13-16)18(23)12-29-19(24)10-21-20(25)15-5-4-6-17(9-15)28-3/h4-6,9,14,16H,7-8,10-13H2,1-3H3,(H,21,25)/t16-/m0/s1. The molecule has 0 aliphatic carbocycles. The zero-order valence-electron chi connectivity index (χ0n) is 17.4. The van der Waals surface area contributed by atoms with Crippen molar-refractivity contribution in [1.29, 1.82) is 0 Å². The first-order chi connectivity index (χ1) is 14.1. The van der Waals surface area contributed by atoms with E-state index in [-0.39, 0.29) is 17.4 Å². The van der Waals surface area contributed by atoms with E-state index in [1.54, 1.807) is 18.2 Å². The molecule has 1 aromatic rings. The summed E-state index contributed by atoms with van der Waals surface area (Å²) in [5.74, 6) is -1.06. The van der Waals surface area contributed by atoms with E-state index in [9.17, 15) is 22.8 Å². The number of ether oxygens (including phenoxy) is 2. The average molecular weight is 441 g/mol. The normalized spacial score (nSPS) is 17.4. The van der Waals surface area contributed by atoms with E-state index in [4.69, 9.17) is 9.47 Å². The topological polar surface area (TPSA) is 119 Å². The lowest BCUT2D eigenvalue weighted by Gasteiger charge is -2.29. The predicted molar refractivity (Wildman–Crippen MR) is 110 cm³/mol. The molecule has 1 aromatic carbocycles. The van der Waals surface area contributed by atoms with Crippen LogP contribution in [0, 0.1) is 5.92 Å². The fourth-order valence-electron chi connectivity index (χ4n) is 3.16. The van der Waals surface area contributed by atoms with Gasteiger partial charge in [-0.3, -0.25) is 14.4 Å². The van der Waals surface area contributed by atoms with Crippen LogP contribution in [0.3, 0.4) is 0 Å². The van der Waals surface area contributed by atoms with Gasteiger partial charge in [-0.15, -0.1) is 0 Å². The molecule has 9 nitrogen and oxygen atoms in total. The molecular formula is C20H28N2O7S. The number of carbonyl (C=O) groups is 3. The minimum absolute atomic E-state index is 0.0512. The summed E-state index contributed by atoms with van der Waals surface area (Å²) in [6, 6.07) is 6.04. The Balaban J connectivity index is 1.85. The van der Waals surface area contributed by atoms with E-state index in [0.29, 0.717) is 24.3 Å². The number of sulfone groups is 1. The van der Waals surface area contributed by atoms with Crippen molar-refractivity contribution in [3.8, 4) is 5.75 Å². The molecule has 166 valence electrons. The smallest absolute Gasteiger partial charge is 0.325 e. The molecule has 0 spiro atoms. The Hall–Kier alpha value is -2.62. The Kier molecular flexibility index (Phi) is 8.22. The molecule has 0 aromatic heterocycles. The van der Waals surface area contributed by atoms with Gasteiger partial charge in [-0.25, -0.2) is 8.42 Å². The largest absolute Gasteiger partial charge is 0.497 e. The first-order valence-electron chi connectivity index (χ1n) is 9.69. The molecule has 2 rings (SSSR count). The number of rotatable bonds is 9. The lowest BCUT2D eigenvalue weighted by atomic mass is 10.1. The Morgan fingerprint density at radius 2 is 2.00 bits per heavy atom. The molecule has 0 radical (unpaired) electrons. The highest BCUT2D eigenvalue weighted by atomic mass is 32.2. The van der Waals surface area contributed by atoms with Crippen molar-refractivity contribution in [2.75, 3.05) is 38.3 Å². The number of carbonyl (C=O) groups excluding carboxylic acids is 3. The van der Waals surface area contributed by atoms with Gasteiger partial charge in [0.15, 0.2) is 16.4 Å². The molecule has 0 saturated carbocycles. The lowest BCUT2D eigenvalue weighted by molar-refractivity contribution is -0.152. The summed E-state index contributed by atoms with van der Waals surface area (Å²) >= 11 is 0. The zero-order valence-corrected chi connectivity index (χ0v) is 18.2. The Bertz CT molecular complexity index is 883. The SMILES string of the molecule is COc1cccc(C(=O)NCC(=O)OCC(=O)N(CC(C)C)[C@H]2CCS(=O)(=O)C2)c1. The molecule has 1 atom stereocenters. The second-order valence-electron chi connectivity index (χ2n) is 7.57. The maximum absolute atomic E-state index is 12.6. The van der Waals surface area contributed by atoms with Crippen LogP contribution in [-0.2, 0) is 24.2 Å². The second kappa shape index (κ2) is 10.4. The van der Waals surface area contributed by atoms with Crippen molar-refractivity contribution in [1.82, 2.24) is 10.2 Å². The second-order valence-corrected chi connectivity index (χ2v) is 9.80. The number of amides is 2. The number of nitrogens with zero attached hydrogens (tertiary/aromatic N) is 1. The number of benzene rings is 1. The number of hydrogen-bond donors (Lipinski definition) is 1. The van der Waals surface area contributed by atoms with E-state index in [2.05, 4.69) is 5.32 Å². The van der Waals surface area contributed by atoms with Crippen molar-refractivity contribution >= 4 is 27.6 Å². The van der Waals surface area contributed by atoms with Gasteiger partial charge in [0.2, 0.25) is 0 Å². The zero-order chi connectivity index (χ0) is 22.3. The molecule has 30 heavy (non-hydrogen) atoms. The van der Waals surface area contributed by atoms with Gasteiger partial charge < -0.3 is 19.7 Å². The Labute approximate surface area is 176 Å². The van der Waals surface area contributed by atoms with Gasteiger partial charge in [-0.2, -0.15) is 0 Å². The summed E-state index contributed by atoms with van der Waals surface area (Å²) in [6.45, 7) is 3.32. The maximum atomic E-state index is 12.6. The van der Waals surface area contributed by atoms with Crippen LogP contribution in [0.2, 0.25) is 0 Å². The minimum Gasteiger partial charge on any atom is -0.497 e. The van der Waals surface area contributed by atoms with Crippen LogP contribution < -0.4 is 10.1 Å². The highest BCUT2D eigenvalue weighted by Crippen LogP contribution is 2.19.